The monoisotopic (exact) mass is 224 g/mol. The van der Waals surface area contributed by atoms with Crippen molar-refractivity contribution < 1.29 is 9.53 Å². The van der Waals surface area contributed by atoms with Crippen LogP contribution in [-0.2, 0) is 9.53 Å². The average Bonchev–Trinajstić information content (AvgIpc) is 3.00. The number of carbonyl (C=O) groups is 1. The maximum Gasteiger partial charge on any atom is 0.169 e. The first-order valence-corrected chi connectivity index (χ1v) is 6.69. The van der Waals surface area contributed by atoms with Crippen LogP contribution in [0.25, 0.3) is 0 Å². The van der Waals surface area contributed by atoms with Crippen molar-refractivity contribution in [1.29, 1.82) is 0 Å². The number of rotatable bonds is 4. The van der Waals surface area contributed by atoms with E-state index in [0.29, 0.717) is 12.4 Å². The minimum absolute atomic E-state index is 0.186. The van der Waals surface area contributed by atoms with Gasteiger partial charge in [-0.05, 0) is 25.2 Å². The van der Waals surface area contributed by atoms with Crippen LogP contribution in [0.5, 0.6) is 0 Å². The summed E-state index contributed by atoms with van der Waals surface area (Å²) >= 11 is 0. The molecule has 1 saturated carbocycles. The van der Waals surface area contributed by atoms with Crippen molar-refractivity contribution in [3.05, 3.63) is 0 Å². The predicted octanol–water partition coefficient (Wildman–Crippen LogP) is 3.20. The number of carbonyl (C=O) groups excluding carboxylic acids is 1. The van der Waals surface area contributed by atoms with Gasteiger partial charge in [-0.2, -0.15) is 0 Å². The Morgan fingerprint density at radius 3 is 2.44 bits per heavy atom. The number of Topliss-reactive ketones (excluding diaryl/α,β-unsaturated/α-hetero) is 1. The van der Waals surface area contributed by atoms with Gasteiger partial charge in [0.05, 0.1) is 6.61 Å². The van der Waals surface area contributed by atoms with E-state index < -0.39 is 5.60 Å². The highest BCUT2D eigenvalue weighted by Crippen LogP contribution is 2.36. The van der Waals surface area contributed by atoms with Crippen molar-refractivity contribution in [2.75, 3.05) is 6.61 Å². The van der Waals surface area contributed by atoms with Gasteiger partial charge in [-0.15, -0.1) is 0 Å². The van der Waals surface area contributed by atoms with Crippen LogP contribution in [0.4, 0.5) is 0 Å². The molecule has 0 spiro atoms. The third-order valence-corrected chi connectivity index (χ3v) is 4.37. The molecule has 16 heavy (non-hydrogen) atoms. The Morgan fingerprint density at radius 1 is 1.38 bits per heavy atom. The van der Waals surface area contributed by atoms with E-state index in [1.165, 1.54) is 25.7 Å². The van der Waals surface area contributed by atoms with Gasteiger partial charge in [0, 0.05) is 5.92 Å². The first kappa shape index (κ1) is 12.1. The topological polar surface area (TPSA) is 29.6 Å². The molecule has 2 nitrogen and oxygen atoms in total. The molecule has 2 fully saturated rings. The van der Waals surface area contributed by atoms with Gasteiger partial charge >= 0.3 is 0 Å². The summed E-state index contributed by atoms with van der Waals surface area (Å²) in [5.41, 5.74) is -0.415. The van der Waals surface area contributed by atoms with Gasteiger partial charge in [-0.25, -0.2) is 0 Å². The quantitative estimate of drug-likeness (QED) is 0.686. The van der Waals surface area contributed by atoms with E-state index >= 15 is 0 Å². The van der Waals surface area contributed by atoms with Crippen LogP contribution >= 0.6 is 0 Å². The Morgan fingerprint density at radius 2 is 1.94 bits per heavy atom. The fourth-order valence-corrected chi connectivity index (χ4v) is 2.94. The van der Waals surface area contributed by atoms with Crippen molar-refractivity contribution in [1.82, 2.24) is 0 Å². The summed E-state index contributed by atoms with van der Waals surface area (Å²) < 4.78 is 5.24. The summed E-state index contributed by atoms with van der Waals surface area (Å²) in [6.07, 6.45) is 6.40. The average molecular weight is 224 g/mol. The second kappa shape index (κ2) is 4.48. The molecule has 0 bridgehead atoms. The van der Waals surface area contributed by atoms with Crippen LogP contribution < -0.4 is 0 Å². The third-order valence-electron chi connectivity index (χ3n) is 4.37. The van der Waals surface area contributed by atoms with Gasteiger partial charge in [-0.3, -0.25) is 4.79 Å². The second-order valence-electron chi connectivity index (χ2n) is 6.15. The SMILES string of the molecule is C[C@@H](C[C@H]1CC[C@H](C)CC1)C(=O)[C@@]1(C)CO1. The van der Waals surface area contributed by atoms with E-state index in [1.54, 1.807) is 0 Å². The Bertz CT molecular complexity index is 260. The normalized spacial score (nSPS) is 40.4. The standard InChI is InChI=1S/C14H24O2/c1-10-4-6-12(7-5-10)8-11(2)13(15)14(3)9-16-14/h10-12H,4-9H2,1-3H3/t10-,11-,12-,14+/m0/s1. The number of hydrogen-bond donors (Lipinski definition) is 0. The molecule has 2 heteroatoms. The van der Waals surface area contributed by atoms with E-state index in [0.717, 1.165) is 18.3 Å². The van der Waals surface area contributed by atoms with Crippen molar-refractivity contribution in [2.24, 2.45) is 17.8 Å². The van der Waals surface area contributed by atoms with E-state index in [1.807, 2.05) is 6.92 Å². The highest BCUT2D eigenvalue weighted by molar-refractivity contribution is 5.91. The molecular weight excluding hydrogens is 200 g/mol. The molecule has 0 amide bonds. The molecule has 0 N–H and O–H groups in total. The number of ketones is 1. The predicted molar refractivity (Wildman–Crippen MR) is 64.3 cm³/mol. The zero-order chi connectivity index (χ0) is 11.8. The zero-order valence-corrected chi connectivity index (χ0v) is 10.8. The zero-order valence-electron chi connectivity index (χ0n) is 10.8. The summed E-state index contributed by atoms with van der Waals surface area (Å²) in [6, 6.07) is 0. The van der Waals surface area contributed by atoms with Crippen LogP contribution in [0.1, 0.15) is 52.9 Å². The smallest absolute Gasteiger partial charge is 0.169 e. The lowest BCUT2D eigenvalue weighted by molar-refractivity contribution is -0.127. The Kier molecular flexibility index (Phi) is 3.39. The molecule has 1 aliphatic heterocycles. The molecule has 2 rings (SSSR count). The first-order valence-electron chi connectivity index (χ1n) is 6.69. The molecule has 2 aliphatic rings. The van der Waals surface area contributed by atoms with Crippen LogP contribution in [-0.4, -0.2) is 18.0 Å². The number of hydrogen-bond acceptors (Lipinski definition) is 2. The molecule has 2 atom stereocenters. The first-order chi connectivity index (χ1) is 7.51. The van der Waals surface area contributed by atoms with Crippen LogP contribution in [0.3, 0.4) is 0 Å². The molecular formula is C14H24O2. The lowest BCUT2D eigenvalue weighted by atomic mass is 9.77. The fourth-order valence-electron chi connectivity index (χ4n) is 2.94. The van der Waals surface area contributed by atoms with E-state index in [2.05, 4.69) is 13.8 Å². The second-order valence-corrected chi connectivity index (χ2v) is 6.15. The maximum atomic E-state index is 12.0. The Labute approximate surface area is 98.7 Å². The Hall–Kier alpha value is -0.370. The molecule has 92 valence electrons. The van der Waals surface area contributed by atoms with Crippen LogP contribution in [0.2, 0.25) is 0 Å². The number of ether oxygens (including phenoxy) is 1. The summed E-state index contributed by atoms with van der Waals surface area (Å²) in [5, 5.41) is 0. The summed E-state index contributed by atoms with van der Waals surface area (Å²) in [4.78, 5) is 12.0. The molecule has 0 aromatic heterocycles. The lowest BCUT2D eigenvalue weighted by Gasteiger charge is -2.28. The van der Waals surface area contributed by atoms with Gasteiger partial charge in [0.1, 0.15) is 5.60 Å². The molecule has 1 saturated heterocycles. The van der Waals surface area contributed by atoms with Gasteiger partial charge in [0.2, 0.25) is 0 Å². The molecule has 0 radical (unpaired) electrons. The fraction of sp³-hybridized carbons (Fsp3) is 0.929. The molecule has 0 aromatic carbocycles. The minimum atomic E-state index is -0.415. The molecule has 0 unspecified atom stereocenters. The van der Waals surface area contributed by atoms with Crippen LogP contribution in [0.15, 0.2) is 0 Å². The van der Waals surface area contributed by atoms with E-state index in [-0.39, 0.29) is 5.92 Å². The van der Waals surface area contributed by atoms with E-state index in [9.17, 15) is 4.79 Å². The van der Waals surface area contributed by atoms with Crippen molar-refractivity contribution in [3.8, 4) is 0 Å². The van der Waals surface area contributed by atoms with Crippen molar-refractivity contribution >= 4 is 5.78 Å². The van der Waals surface area contributed by atoms with Crippen molar-refractivity contribution in [3.63, 3.8) is 0 Å². The molecule has 1 heterocycles. The van der Waals surface area contributed by atoms with Gasteiger partial charge < -0.3 is 4.74 Å². The van der Waals surface area contributed by atoms with Gasteiger partial charge in [0.25, 0.3) is 0 Å². The Balaban J connectivity index is 1.78. The molecule has 0 aromatic rings. The highest BCUT2D eigenvalue weighted by atomic mass is 16.6. The van der Waals surface area contributed by atoms with Crippen LogP contribution in [0, 0.1) is 17.8 Å². The summed E-state index contributed by atoms with van der Waals surface area (Å²) in [6.45, 7) is 6.98. The number of epoxide rings is 1. The minimum Gasteiger partial charge on any atom is -0.362 e. The van der Waals surface area contributed by atoms with E-state index in [4.69, 9.17) is 4.74 Å². The lowest BCUT2D eigenvalue weighted by Crippen LogP contribution is -2.29. The summed E-state index contributed by atoms with van der Waals surface area (Å²) in [5.74, 6) is 2.18. The van der Waals surface area contributed by atoms with Gasteiger partial charge in [0.15, 0.2) is 5.78 Å². The highest BCUT2D eigenvalue weighted by Gasteiger charge is 2.48. The largest absolute Gasteiger partial charge is 0.362 e. The van der Waals surface area contributed by atoms with Crippen molar-refractivity contribution in [2.45, 2.75) is 58.5 Å². The molecule has 1 aliphatic carbocycles. The summed E-state index contributed by atoms with van der Waals surface area (Å²) in [7, 11) is 0. The van der Waals surface area contributed by atoms with Gasteiger partial charge in [-0.1, -0.05) is 39.5 Å². The third kappa shape index (κ3) is 2.65. The maximum absolute atomic E-state index is 12.0.